The molecular formula is C24H44IN5O2. The fourth-order valence-corrected chi connectivity index (χ4v) is 3.81. The minimum atomic E-state index is 0. The van der Waals surface area contributed by atoms with Gasteiger partial charge in [-0.15, -0.1) is 24.0 Å². The van der Waals surface area contributed by atoms with Crippen LogP contribution >= 0.6 is 24.0 Å². The Kier molecular flexibility index (Phi) is 15.7. The van der Waals surface area contributed by atoms with Gasteiger partial charge in [-0.2, -0.15) is 0 Å². The van der Waals surface area contributed by atoms with Crippen molar-refractivity contribution in [2.75, 3.05) is 67.1 Å². The van der Waals surface area contributed by atoms with Crippen molar-refractivity contribution in [1.82, 2.24) is 20.4 Å². The van der Waals surface area contributed by atoms with Crippen molar-refractivity contribution in [2.24, 2.45) is 4.99 Å². The summed E-state index contributed by atoms with van der Waals surface area (Å²) in [6, 6.07) is 8.97. The van der Waals surface area contributed by atoms with Crippen molar-refractivity contribution < 1.29 is 9.47 Å². The Hall–Kier alpha value is -1.10. The minimum absolute atomic E-state index is 0. The Morgan fingerprint density at radius 2 is 2.03 bits per heavy atom. The lowest BCUT2D eigenvalue weighted by molar-refractivity contribution is 0.150. The molecule has 0 radical (unpaired) electrons. The molecule has 32 heavy (non-hydrogen) atoms. The predicted octanol–water partition coefficient (Wildman–Crippen LogP) is 3.19. The average Bonchev–Trinajstić information content (AvgIpc) is 2.78. The van der Waals surface area contributed by atoms with Crippen LogP contribution in [0.1, 0.15) is 38.2 Å². The maximum atomic E-state index is 5.92. The number of methoxy groups -OCH3 is 1. The summed E-state index contributed by atoms with van der Waals surface area (Å²) in [7, 11) is 5.63. The van der Waals surface area contributed by atoms with Gasteiger partial charge in [0, 0.05) is 52.9 Å². The standard InChI is InChI=1S/C24H43N5O2.HI/c1-21-9-5-6-13-29(21)14-8-12-26-24(25-2)27-20-22-10-7-11-23(19-22)31-18-16-28(3)15-17-30-4;/h7,10-11,19,21H,5-6,8-9,12-18,20H2,1-4H3,(H2,25,26,27);1H. The van der Waals surface area contributed by atoms with Crippen LogP contribution in [0.5, 0.6) is 5.75 Å². The van der Waals surface area contributed by atoms with Crippen molar-refractivity contribution >= 4 is 29.9 Å². The molecule has 0 saturated carbocycles. The van der Waals surface area contributed by atoms with E-state index in [-0.39, 0.29) is 24.0 Å². The molecule has 0 spiro atoms. The lowest BCUT2D eigenvalue weighted by atomic mass is 10.0. The van der Waals surface area contributed by atoms with Crippen LogP contribution in [0.3, 0.4) is 0 Å². The molecule has 8 heteroatoms. The van der Waals surface area contributed by atoms with Crippen LogP contribution in [0.4, 0.5) is 0 Å². The Morgan fingerprint density at radius 1 is 1.22 bits per heavy atom. The van der Waals surface area contributed by atoms with Crippen molar-refractivity contribution in [3.8, 4) is 5.75 Å². The molecule has 1 aromatic rings. The summed E-state index contributed by atoms with van der Waals surface area (Å²) >= 11 is 0. The fraction of sp³-hybridized carbons (Fsp3) is 0.708. The van der Waals surface area contributed by atoms with Gasteiger partial charge < -0.3 is 29.9 Å². The van der Waals surface area contributed by atoms with Crippen molar-refractivity contribution in [2.45, 2.75) is 45.2 Å². The van der Waals surface area contributed by atoms with Gasteiger partial charge in [-0.05, 0) is 57.5 Å². The van der Waals surface area contributed by atoms with E-state index in [2.05, 4.69) is 51.5 Å². The van der Waals surface area contributed by atoms with Gasteiger partial charge in [0.25, 0.3) is 0 Å². The average molecular weight is 562 g/mol. The fourth-order valence-electron chi connectivity index (χ4n) is 3.81. The molecule has 0 aliphatic carbocycles. The van der Waals surface area contributed by atoms with Gasteiger partial charge in [0.1, 0.15) is 12.4 Å². The van der Waals surface area contributed by atoms with Crippen molar-refractivity contribution in [3.63, 3.8) is 0 Å². The molecule has 1 unspecified atom stereocenters. The summed E-state index contributed by atoms with van der Waals surface area (Å²) in [6.45, 7) is 9.59. The second-order valence-corrected chi connectivity index (χ2v) is 8.38. The molecule has 1 saturated heterocycles. The normalized spacial score (nSPS) is 17.2. The Balaban J connectivity index is 0.00000512. The van der Waals surface area contributed by atoms with E-state index >= 15 is 0 Å². The first-order valence-corrected chi connectivity index (χ1v) is 11.7. The van der Waals surface area contributed by atoms with Gasteiger partial charge in [0.2, 0.25) is 0 Å². The van der Waals surface area contributed by atoms with Crippen LogP contribution in [0.2, 0.25) is 0 Å². The minimum Gasteiger partial charge on any atom is -0.492 e. The van der Waals surface area contributed by atoms with Crippen LogP contribution in [0.25, 0.3) is 0 Å². The summed E-state index contributed by atoms with van der Waals surface area (Å²) in [5, 5.41) is 6.84. The lowest BCUT2D eigenvalue weighted by Crippen LogP contribution is -2.41. The van der Waals surface area contributed by atoms with Crippen LogP contribution in [-0.4, -0.2) is 88.9 Å². The number of aliphatic imine (C=N–C) groups is 1. The molecule has 0 aromatic heterocycles. The van der Waals surface area contributed by atoms with E-state index in [4.69, 9.17) is 9.47 Å². The molecule has 2 N–H and O–H groups in total. The monoisotopic (exact) mass is 561 g/mol. The number of nitrogens with zero attached hydrogens (tertiary/aromatic N) is 3. The van der Waals surface area contributed by atoms with Gasteiger partial charge >= 0.3 is 0 Å². The highest BCUT2D eigenvalue weighted by molar-refractivity contribution is 14.0. The molecule has 1 aliphatic rings. The third kappa shape index (κ3) is 11.7. The van der Waals surface area contributed by atoms with Crippen LogP contribution in [-0.2, 0) is 11.3 Å². The third-order valence-electron chi connectivity index (χ3n) is 5.86. The zero-order valence-electron chi connectivity index (χ0n) is 20.4. The number of benzene rings is 1. The molecular weight excluding hydrogens is 517 g/mol. The quantitative estimate of drug-likeness (QED) is 0.167. The van der Waals surface area contributed by atoms with Crippen LogP contribution in [0, 0.1) is 0 Å². The molecule has 0 amide bonds. The molecule has 1 atom stereocenters. The molecule has 2 rings (SSSR count). The zero-order valence-corrected chi connectivity index (χ0v) is 22.8. The van der Waals surface area contributed by atoms with Gasteiger partial charge in [-0.1, -0.05) is 18.6 Å². The summed E-state index contributed by atoms with van der Waals surface area (Å²) in [5.74, 6) is 1.75. The SMILES string of the molecule is CN=C(NCCCN1CCCCC1C)NCc1cccc(OCCN(C)CCOC)c1.I. The topological polar surface area (TPSA) is 61.4 Å². The predicted molar refractivity (Wildman–Crippen MR) is 144 cm³/mol. The molecule has 1 heterocycles. The van der Waals surface area contributed by atoms with Crippen molar-refractivity contribution in [3.05, 3.63) is 29.8 Å². The third-order valence-corrected chi connectivity index (χ3v) is 5.86. The lowest BCUT2D eigenvalue weighted by Gasteiger charge is -2.33. The number of likely N-dealkylation sites (tertiary alicyclic amines) is 1. The maximum Gasteiger partial charge on any atom is 0.191 e. The smallest absolute Gasteiger partial charge is 0.191 e. The van der Waals surface area contributed by atoms with E-state index in [0.717, 1.165) is 57.0 Å². The number of guanidine groups is 1. The Labute approximate surface area is 212 Å². The number of halogens is 1. The first kappa shape index (κ1) is 28.9. The van der Waals surface area contributed by atoms with E-state index in [1.54, 1.807) is 7.11 Å². The Morgan fingerprint density at radius 3 is 2.78 bits per heavy atom. The first-order valence-electron chi connectivity index (χ1n) is 11.7. The van der Waals surface area contributed by atoms with E-state index in [1.807, 2.05) is 19.2 Å². The molecule has 7 nitrogen and oxygen atoms in total. The zero-order chi connectivity index (χ0) is 22.3. The van der Waals surface area contributed by atoms with Crippen LogP contribution < -0.4 is 15.4 Å². The second-order valence-electron chi connectivity index (χ2n) is 8.38. The van der Waals surface area contributed by atoms with Crippen LogP contribution in [0.15, 0.2) is 29.3 Å². The maximum absolute atomic E-state index is 5.92. The molecule has 1 fully saturated rings. The van der Waals surface area contributed by atoms with Crippen molar-refractivity contribution in [1.29, 1.82) is 0 Å². The second kappa shape index (κ2) is 17.4. The highest BCUT2D eigenvalue weighted by atomic mass is 127. The largest absolute Gasteiger partial charge is 0.492 e. The number of rotatable bonds is 13. The first-order chi connectivity index (χ1) is 15.1. The Bertz CT molecular complexity index is 647. The number of piperidine rings is 1. The highest BCUT2D eigenvalue weighted by Crippen LogP contribution is 2.16. The van der Waals surface area contributed by atoms with E-state index < -0.39 is 0 Å². The van der Waals surface area contributed by atoms with E-state index in [0.29, 0.717) is 13.2 Å². The summed E-state index contributed by atoms with van der Waals surface area (Å²) < 4.78 is 11.0. The molecule has 1 aromatic carbocycles. The molecule has 184 valence electrons. The van der Waals surface area contributed by atoms with Gasteiger partial charge in [0.05, 0.1) is 6.61 Å². The number of likely N-dealkylation sites (N-methyl/N-ethyl adjacent to an activating group) is 1. The molecule has 1 aliphatic heterocycles. The van der Waals surface area contributed by atoms with Gasteiger partial charge in [0.15, 0.2) is 5.96 Å². The van der Waals surface area contributed by atoms with E-state index in [9.17, 15) is 0 Å². The summed E-state index contributed by atoms with van der Waals surface area (Å²) in [5.41, 5.74) is 1.18. The summed E-state index contributed by atoms with van der Waals surface area (Å²) in [6.07, 6.45) is 5.19. The number of hydrogen-bond donors (Lipinski definition) is 2. The van der Waals surface area contributed by atoms with E-state index in [1.165, 1.54) is 31.4 Å². The summed E-state index contributed by atoms with van der Waals surface area (Å²) in [4.78, 5) is 9.17. The number of hydrogen-bond acceptors (Lipinski definition) is 5. The highest BCUT2D eigenvalue weighted by Gasteiger charge is 2.17. The van der Waals surface area contributed by atoms with Gasteiger partial charge in [-0.25, -0.2) is 0 Å². The number of ether oxygens (including phenoxy) is 2. The molecule has 0 bridgehead atoms. The number of nitrogens with one attached hydrogen (secondary N) is 2. The van der Waals surface area contributed by atoms with Gasteiger partial charge in [-0.3, -0.25) is 4.99 Å².